The van der Waals surface area contributed by atoms with Crippen molar-refractivity contribution in [3.8, 4) is 6.07 Å². The molecule has 0 saturated heterocycles. The van der Waals surface area contributed by atoms with Crippen molar-refractivity contribution in [1.29, 1.82) is 5.26 Å². The van der Waals surface area contributed by atoms with Crippen molar-refractivity contribution in [2.24, 2.45) is 0 Å². The Hall–Kier alpha value is -3.83. The van der Waals surface area contributed by atoms with Gasteiger partial charge in [-0.25, -0.2) is 4.79 Å². The van der Waals surface area contributed by atoms with Gasteiger partial charge in [0.25, 0.3) is 5.56 Å². The van der Waals surface area contributed by atoms with Gasteiger partial charge in [-0.05, 0) is 55.7 Å². The number of nitrogens with two attached hydrogens (primary N) is 1. The van der Waals surface area contributed by atoms with E-state index in [0.717, 1.165) is 34.7 Å². The zero-order chi connectivity index (χ0) is 23.1. The molecular weight excluding hydrogens is 424 g/mol. The van der Waals surface area contributed by atoms with Crippen LogP contribution in [0.2, 0.25) is 0 Å². The van der Waals surface area contributed by atoms with Crippen LogP contribution in [0.4, 0.5) is 11.4 Å². The minimum absolute atomic E-state index is 0.153. The Labute approximate surface area is 189 Å². The number of hydrogen-bond acceptors (Lipinski definition) is 7. The number of hydrogen-bond donors (Lipinski definition) is 2. The van der Waals surface area contributed by atoms with Crippen LogP contribution < -0.4 is 25.8 Å². The van der Waals surface area contributed by atoms with E-state index >= 15 is 0 Å². The van der Waals surface area contributed by atoms with E-state index in [9.17, 15) is 14.9 Å². The number of nitrogen functional groups attached to an aromatic ring is 1. The molecule has 2 aromatic carbocycles. The number of benzene rings is 2. The molecule has 3 rings (SSSR count). The SMILES string of the molecule is CCOC(=O)/C(C#N)=c1\s/c(=C\Nc2ccc(Cc3ccc(N)cc3)cc2)c(=O)n1CC. The van der Waals surface area contributed by atoms with Gasteiger partial charge in [0.1, 0.15) is 15.3 Å². The molecule has 0 unspecified atom stereocenters. The minimum Gasteiger partial charge on any atom is -0.462 e. The Morgan fingerprint density at radius 2 is 1.78 bits per heavy atom. The lowest BCUT2D eigenvalue weighted by Crippen LogP contribution is -2.32. The summed E-state index contributed by atoms with van der Waals surface area (Å²) in [7, 11) is 0. The van der Waals surface area contributed by atoms with Crippen molar-refractivity contribution in [3.05, 3.63) is 79.2 Å². The number of carbonyl (C=O) groups excluding carboxylic acids is 1. The summed E-state index contributed by atoms with van der Waals surface area (Å²) < 4.78 is 7.04. The number of rotatable bonds is 7. The van der Waals surface area contributed by atoms with Crippen molar-refractivity contribution in [1.82, 2.24) is 4.57 Å². The predicted molar refractivity (Wildman–Crippen MR) is 127 cm³/mol. The lowest BCUT2D eigenvalue weighted by molar-refractivity contribution is -0.136. The van der Waals surface area contributed by atoms with E-state index in [1.165, 1.54) is 10.1 Å². The van der Waals surface area contributed by atoms with E-state index in [4.69, 9.17) is 10.5 Å². The van der Waals surface area contributed by atoms with Crippen LogP contribution in [0.5, 0.6) is 0 Å². The summed E-state index contributed by atoms with van der Waals surface area (Å²) in [6.07, 6.45) is 2.39. The molecular formula is C24H24N4O3S. The molecule has 0 amide bonds. The number of nitriles is 1. The second kappa shape index (κ2) is 10.5. The molecule has 7 nitrogen and oxygen atoms in total. The maximum absolute atomic E-state index is 12.7. The average molecular weight is 449 g/mol. The van der Waals surface area contributed by atoms with E-state index in [0.29, 0.717) is 15.7 Å². The van der Waals surface area contributed by atoms with Crippen molar-refractivity contribution in [2.45, 2.75) is 26.8 Å². The van der Waals surface area contributed by atoms with Gasteiger partial charge in [0.05, 0.1) is 6.61 Å². The van der Waals surface area contributed by atoms with Gasteiger partial charge < -0.3 is 15.8 Å². The van der Waals surface area contributed by atoms with Gasteiger partial charge in [0.2, 0.25) is 0 Å². The normalized spacial score (nSPS) is 12.2. The van der Waals surface area contributed by atoms with Crippen molar-refractivity contribution in [2.75, 3.05) is 17.7 Å². The minimum atomic E-state index is -0.727. The first-order valence-corrected chi connectivity index (χ1v) is 11.0. The van der Waals surface area contributed by atoms with Crippen molar-refractivity contribution in [3.63, 3.8) is 0 Å². The highest BCUT2D eigenvalue weighted by molar-refractivity contribution is 7.07. The molecule has 0 saturated carbocycles. The highest BCUT2D eigenvalue weighted by atomic mass is 32.1. The number of ether oxygens (including phenoxy) is 1. The maximum Gasteiger partial charge on any atom is 0.351 e. The molecule has 164 valence electrons. The van der Waals surface area contributed by atoms with Gasteiger partial charge in [-0.3, -0.25) is 9.36 Å². The molecule has 0 aliphatic rings. The maximum atomic E-state index is 12.7. The highest BCUT2D eigenvalue weighted by Gasteiger charge is 2.16. The second-order valence-corrected chi connectivity index (χ2v) is 7.96. The predicted octanol–water partition coefficient (Wildman–Crippen LogP) is 2.19. The molecule has 0 radical (unpaired) electrons. The third kappa shape index (κ3) is 5.25. The van der Waals surface area contributed by atoms with E-state index in [2.05, 4.69) is 5.32 Å². The molecule has 8 heteroatoms. The smallest absolute Gasteiger partial charge is 0.351 e. The standard InChI is InChI=1S/C24H24N4O3S/c1-3-28-22(29)21(32-23(28)20(14-25)24(30)31-4-2)15-27-19-11-7-17(8-12-19)13-16-5-9-18(26)10-6-16/h5-12,15,27H,3-4,13,26H2,1-2H3/b21-15-,23-20-. The van der Waals surface area contributed by atoms with E-state index < -0.39 is 5.97 Å². The summed E-state index contributed by atoms with van der Waals surface area (Å²) >= 11 is 1.08. The van der Waals surface area contributed by atoms with Crippen LogP contribution in [0.1, 0.15) is 25.0 Å². The molecule has 0 aliphatic carbocycles. The van der Waals surface area contributed by atoms with Gasteiger partial charge in [-0.15, -0.1) is 11.3 Å². The zero-order valence-corrected chi connectivity index (χ0v) is 18.7. The summed E-state index contributed by atoms with van der Waals surface area (Å²) in [4.78, 5) is 24.8. The Bertz CT molecular complexity index is 1310. The van der Waals surface area contributed by atoms with Gasteiger partial charge in [-0.2, -0.15) is 5.26 Å². The molecule has 0 bridgehead atoms. The summed E-state index contributed by atoms with van der Waals surface area (Å²) in [5.74, 6) is -0.727. The number of nitrogens with zero attached hydrogens (tertiary/aromatic N) is 2. The fourth-order valence-electron chi connectivity index (χ4n) is 3.12. The number of aromatic nitrogens is 1. The van der Waals surface area contributed by atoms with Crippen LogP contribution in [0, 0.1) is 11.3 Å². The Morgan fingerprint density at radius 3 is 2.34 bits per heavy atom. The number of carbonyl (C=O) groups is 1. The Morgan fingerprint density at radius 1 is 1.16 bits per heavy atom. The summed E-state index contributed by atoms with van der Waals surface area (Å²) in [5.41, 5.74) is 9.17. The number of esters is 1. The Balaban J connectivity index is 1.86. The van der Waals surface area contributed by atoms with Gasteiger partial charge in [0, 0.05) is 24.1 Å². The van der Waals surface area contributed by atoms with Gasteiger partial charge in [0.15, 0.2) is 5.57 Å². The lowest BCUT2D eigenvalue weighted by Gasteiger charge is -2.05. The molecule has 0 fully saturated rings. The first kappa shape index (κ1) is 22.8. The largest absolute Gasteiger partial charge is 0.462 e. The zero-order valence-electron chi connectivity index (χ0n) is 17.9. The molecule has 0 spiro atoms. The van der Waals surface area contributed by atoms with Crippen molar-refractivity contribution < 1.29 is 9.53 Å². The fourth-order valence-corrected chi connectivity index (χ4v) is 4.19. The molecule has 32 heavy (non-hydrogen) atoms. The van der Waals surface area contributed by atoms with Crippen molar-refractivity contribution >= 4 is 40.5 Å². The van der Waals surface area contributed by atoms with Crippen LogP contribution in [0.15, 0.2) is 53.3 Å². The first-order chi connectivity index (χ1) is 15.5. The van der Waals surface area contributed by atoms with Crippen LogP contribution in [0.25, 0.3) is 11.8 Å². The first-order valence-electron chi connectivity index (χ1n) is 10.2. The topological polar surface area (TPSA) is 110 Å². The van der Waals surface area contributed by atoms with Crippen LogP contribution >= 0.6 is 11.3 Å². The molecule has 1 aromatic heterocycles. The van der Waals surface area contributed by atoms with E-state index in [1.807, 2.05) is 54.6 Å². The lowest BCUT2D eigenvalue weighted by atomic mass is 10.0. The third-order valence-electron chi connectivity index (χ3n) is 4.74. The Kier molecular flexibility index (Phi) is 7.47. The quantitative estimate of drug-likeness (QED) is 0.424. The summed E-state index contributed by atoms with van der Waals surface area (Å²) in [5, 5.41) is 12.5. The highest BCUT2D eigenvalue weighted by Crippen LogP contribution is 2.15. The van der Waals surface area contributed by atoms with Gasteiger partial charge in [-0.1, -0.05) is 24.3 Å². The molecule has 0 atom stereocenters. The van der Waals surface area contributed by atoms with Crippen LogP contribution in [-0.4, -0.2) is 17.1 Å². The molecule has 1 heterocycles. The second-order valence-electron chi connectivity index (χ2n) is 6.93. The third-order valence-corrected chi connectivity index (χ3v) is 5.87. The molecule has 3 aromatic rings. The average Bonchev–Trinajstić information content (AvgIpc) is 3.10. The van der Waals surface area contributed by atoms with E-state index in [1.54, 1.807) is 20.0 Å². The van der Waals surface area contributed by atoms with Crippen LogP contribution in [-0.2, 0) is 22.5 Å². The van der Waals surface area contributed by atoms with Crippen LogP contribution in [0.3, 0.4) is 0 Å². The summed E-state index contributed by atoms with van der Waals surface area (Å²) in [6, 6.07) is 17.5. The number of nitrogens with one attached hydrogen (secondary N) is 1. The number of anilines is 2. The monoisotopic (exact) mass is 448 g/mol. The molecule has 3 N–H and O–H groups in total. The van der Waals surface area contributed by atoms with E-state index in [-0.39, 0.29) is 17.7 Å². The molecule has 0 aliphatic heterocycles. The summed E-state index contributed by atoms with van der Waals surface area (Å²) in [6.45, 7) is 3.94. The number of thiazole rings is 1. The van der Waals surface area contributed by atoms with Gasteiger partial charge >= 0.3 is 5.97 Å². The fraction of sp³-hybridized carbons (Fsp3) is 0.208.